The van der Waals surface area contributed by atoms with Crippen LogP contribution in [-0.2, 0) is 4.74 Å². The van der Waals surface area contributed by atoms with E-state index in [1.54, 1.807) is 0 Å². The molecule has 1 aliphatic carbocycles. The van der Waals surface area contributed by atoms with Crippen LogP contribution < -0.4 is 0 Å². The van der Waals surface area contributed by atoms with E-state index in [0.29, 0.717) is 25.9 Å². The van der Waals surface area contributed by atoms with Crippen molar-refractivity contribution in [1.29, 1.82) is 0 Å². The van der Waals surface area contributed by atoms with Crippen molar-refractivity contribution in [2.24, 2.45) is 5.92 Å². The average Bonchev–Trinajstić information content (AvgIpc) is 2.75. The molecule has 2 aliphatic rings. The first-order chi connectivity index (χ1) is 14.9. The number of allylic oxidation sites excluding steroid dienone is 3. The summed E-state index contributed by atoms with van der Waals surface area (Å²) >= 11 is 0. The Morgan fingerprint density at radius 1 is 1.03 bits per heavy atom. The van der Waals surface area contributed by atoms with E-state index in [4.69, 9.17) is 4.74 Å². The molecule has 1 nitrogen and oxygen atoms in total. The van der Waals surface area contributed by atoms with E-state index in [1.165, 1.54) is 12.1 Å². The van der Waals surface area contributed by atoms with Crippen molar-refractivity contribution in [1.82, 2.24) is 0 Å². The molecular weight excluding hydrogens is 404 g/mol. The summed E-state index contributed by atoms with van der Waals surface area (Å²) in [6, 6.07) is 2.89. The van der Waals surface area contributed by atoms with Crippen LogP contribution in [0.1, 0.15) is 87.7 Å². The minimum absolute atomic E-state index is 0.0805. The van der Waals surface area contributed by atoms with Gasteiger partial charge in [-0.2, -0.15) is 0 Å². The number of hydrogen-bond donors (Lipinski definition) is 0. The van der Waals surface area contributed by atoms with E-state index in [9.17, 15) is 17.6 Å². The van der Waals surface area contributed by atoms with Gasteiger partial charge in [-0.25, -0.2) is 17.6 Å². The normalized spacial score (nSPS) is 28.7. The van der Waals surface area contributed by atoms with Gasteiger partial charge in [0.15, 0.2) is 11.6 Å². The van der Waals surface area contributed by atoms with Gasteiger partial charge in [0.1, 0.15) is 0 Å². The number of halogens is 4. The van der Waals surface area contributed by atoms with Gasteiger partial charge in [0.25, 0.3) is 5.92 Å². The fourth-order valence-corrected chi connectivity index (χ4v) is 5.12. The fraction of sp³-hybridized carbons (Fsp3) is 0.615. The number of hydrogen-bond acceptors (Lipinski definition) is 1. The molecule has 1 aromatic rings. The zero-order valence-corrected chi connectivity index (χ0v) is 18.4. The van der Waals surface area contributed by atoms with E-state index < -0.39 is 23.5 Å². The van der Waals surface area contributed by atoms with Crippen LogP contribution in [0.5, 0.6) is 0 Å². The molecule has 5 heteroatoms. The number of ether oxygens (including phenoxy) is 1. The monoisotopic (exact) mass is 438 g/mol. The molecule has 1 saturated carbocycles. The topological polar surface area (TPSA) is 9.23 Å². The third-order valence-corrected chi connectivity index (χ3v) is 6.93. The highest BCUT2D eigenvalue weighted by Gasteiger charge is 2.47. The van der Waals surface area contributed by atoms with Crippen LogP contribution >= 0.6 is 0 Å². The molecule has 2 fully saturated rings. The lowest BCUT2D eigenvalue weighted by Gasteiger charge is -2.36. The molecule has 0 spiro atoms. The van der Waals surface area contributed by atoms with Gasteiger partial charge in [-0.05, 0) is 75.3 Å². The molecule has 31 heavy (non-hydrogen) atoms. The van der Waals surface area contributed by atoms with Crippen molar-refractivity contribution in [3.8, 4) is 0 Å². The Labute approximate surface area is 183 Å². The van der Waals surface area contributed by atoms with Crippen LogP contribution in [0.4, 0.5) is 17.6 Å². The minimum atomic E-state index is -3.03. The highest BCUT2D eigenvalue weighted by Crippen LogP contribution is 2.49. The summed E-state index contributed by atoms with van der Waals surface area (Å²) in [4.78, 5) is 0. The lowest BCUT2D eigenvalue weighted by molar-refractivity contribution is -0.0743. The molecule has 172 valence electrons. The van der Waals surface area contributed by atoms with Crippen molar-refractivity contribution in [3.63, 3.8) is 0 Å². The van der Waals surface area contributed by atoms with Gasteiger partial charge < -0.3 is 4.74 Å². The van der Waals surface area contributed by atoms with Gasteiger partial charge in [0.2, 0.25) is 0 Å². The Balaban J connectivity index is 1.69. The first kappa shape index (κ1) is 24.0. The molecule has 1 aromatic carbocycles. The summed E-state index contributed by atoms with van der Waals surface area (Å²) in [6.45, 7) is 5.94. The van der Waals surface area contributed by atoms with Crippen molar-refractivity contribution in [2.75, 3.05) is 6.61 Å². The molecular formula is C26H34F4O. The highest BCUT2D eigenvalue weighted by molar-refractivity contribution is 5.33. The third kappa shape index (κ3) is 5.79. The Bertz CT molecular complexity index is 765. The first-order valence-corrected chi connectivity index (χ1v) is 11.6. The van der Waals surface area contributed by atoms with Gasteiger partial charge in [0.05, 0.1) is 18.6 Å². The molecule has 0 bridgehead atoms. The highest BCUT2D eigenvalue weighted by atomic mass is 19.3. The molecule has 0 aromatic heterocycles. The molecule has 1 aliphatic heterocycles. The predicted molar refractivity (Wildman–Crippen MR) is 117 cm³/mol. The van der Waals surface area contributed by atoms with Gasteiger partial charge in [-0.1, -0.05) is 30.4 Å². The molecule has 1 heterocycles. The van der Waals surface area contributed by atoms with Crippen LogP contribution in [-0.4, -0.2) is 18.6 Å². The second-order valence-electron chi connectivity index (χ2n) is 9.08. The molecule has 1 saturated heterocycles. The summed E-state index contributed by atoms with van der Waals surface area (Å²) in [5.74, 6) is -6.71. The van der Waals surface area contributed by atoms with Gasteiger partial charge >= 0.3 is 0 Å². The molecule has 0 N–H and O–H groups in total. The number of benzene rings is 1. The maximum absolute atomic E-state index is 15.0. The lowest BCUT2D eigenvalue weighted by Crippen LogP contribution is -2.35. The van der Waals surface area contributed by atoms with Crippen LogP contribution in [0.3, 0.4) is 0 Å². The summed E-state index contributed by atoms with van der Waals surface area (Å²) < 4.78 is 65.5. The summed E-state index contributed by atoms with van der Waals surface area (Å²) in [6.07, 6.45) is 11.1. The van der Waals surface area contributed by atoms with Crippen LogP contribution in [0.2, 0.25) is 0 Å². The first-order valence-electron chi connectivity index (χ1n) is 11.6. The SMILES string of the molecule is C=CCCC1CCC(c2ccc(C3CCC(CC/C=C/C)CC3(F)F)c(F)c2F)CO1. The second kappa shape index (κ2) is 10.8. The smallest absolute Gasteiger partial charge is 0.255 e. The largest absolute Gasteiger partial charge is 0.378 e. The maximum Gasteiger partial charge on any atom is 0.255 e. The van der Waals surface area contributed by atoms with E-state index in [0.717, 1.165) is 25.7 Å². The van der Waals surface area contributed by atoms with E-state index in [1.807, 2.05) is 25.2 Å². The predicted octanol–water partition coefficient (Wildman–Crippen LogP) is 8.07. The van der Waals surface area contributed by atoms with E-state index in [2.05, 4.69) is 6.58 Å². The quantitative estimate of drug-likeness (QED) is 0.294. The Kier molecular flexibility index (Phi) is 8.37. The van der Waals surface area contributed by atoms with Gasteiger partial charge in [0, 0.05) is 12.3 Å². The minimum Gasteiger partial charge on any atom is -0.378 e. The van der Waals surface area contributed by atoms with Crippen LogP contribution in [0, 0.1) is 17.6 Å². The molecule has 3 rings (SSSR count). The van der Waals surface area contributed by atoms with Gasteiger partial charge in [-0.3, -0.25) is 0 Å². The Morgan fingerprint density at radius 2 is 1.77 bits per heavy atom. The standard InChI is InChI=1S/C26H34F4O/c1-3-5-7-8-18-10-15-23(26(29,30)16-18)22-14-13-21(24(27)25(22)28)19-11-12-20(31-17-19)9-6-4-2/h3-5,13-14,18-20,23H,2,6-12,15-17H2,1H3/b5-3+. The molecule has 4 unspecified atom stereocenters. The second-order valence-corrected chi connectivity index (χ2v) is 9.08. The number of rotatable bonds is 8. The Hall–Kier alpha value is -1.62. The van der Waals surface area contributed by atoms with Crippen LogP contribution in [0.25, 0.3) is 0 Å². The fourth-order valence-electron chi connectivity index (χ4n) is 5.12. The Morgan fingerprint density at radius 3 is 2.42 bits per heavy atom. The molecule has 0 amide bonds. The lowest BCUT2D eigenvalue weighted by atomic mass is 9.74. The average molecular weight is 439 g/mol. The van der Waals surface area contributed by atoms with Gasteiger partial charge in [-0.15, -0.1) is 6.58 Å². The van der Waals surface area contributed by atoms with Crippen molar-refractivity contribution in [2.45, 2.75) is 88.6 Å². The third-order valence-electron chi connectivity index (χ3n) is 6.93. The maximum atomic E-state index is 15.0. The summed E-state index contributed by atoms with van der Waals surface area (Å²) in [7, 11) is 0. The molecule has 0 radical (unpaired) electrons. The van der Waals surface area contributed by atoms with Crippen molar-refractivity contribution < 1.29 is 22.3 Å². The summed E-state index contributed by atoms with van der Waals surface area (Å²) in [5.41, 5.74) is 0.0607. The van der Waals surface area contributed by atoms with Crippen molar-refractivity contribution in [3.05, 3.63) is 59.7 Å². The van der Waals surface area contributed by atoms with Crippen molar-refractivity contribution >= 4 is 0 Å². The summed E-state index contributed by atoms with van der Waals surface area (Å²) in [5, 5.41) is 0. The van der Waals surface area contributed by atoms with Crippen LogP contribution in [0.15, 0.2) is 36.9 Å². The zero-order valence-electron chi connectivity index (χ0n) is 18.4. The molecule has 4 atom stereocenters. The number of alkyl halides is 2. The van der Waals surface area contributed by atoms with E-state index in [-0.39, 0.29) is 41.9 Å². The van der Waals surface area contributed by atoms with E-state index >= 15 is 0 Å². The zero-order chi connectivity index (χ0) is 22.4.